The Kier molecular flexibility index (Phi) is 5.23. The van der Waals surface area contributed by atoms with Gasteiger partial charge in [-0.3, -0.25) is 0 Å². The standard InChI is InChI=1S/C18H26N6/c1-4-14-11-18(20-12-19-14)24-8-6-16(7-9-24)23-17-10-15(5-2)21-13(3)22-17/h10-12,16H,4-9H2,1-3H3,(H,21,22,23). The van der Waals surface area contributed by atoms with Crippen LogP contribution in [0.25, 0.3) is 0 Å². The molecule has 0 amide bonds. The van der Waals surface area contributed by atoms with Crippen molar-refractivity contribution in [3.63, 3.8) is 0 Å². The number of nitrogens with one attached hydrogen (secondary N) is 1. The molecule has 0 radical (unpaired) electrons. The predicted molar refractivity (Wildman–Crippen MR) is 96.4 cm³/mol. The Balaban J connectivity index is 1.60. The van der Waals surface area contributed by atoms with Crippen LogP contribution >= 0.6 is 0 Å². The highest BCUT2D eigenvalue weighted by atomic mass is 15.2. The van der Waals surface area contributed by atoms with Crippen LogP contribution in [0.4, 0.5) is 11.6 Å². The smallest absolute Gasteiger partial charge is 0.132 e. The average Bonchev–Trinajstić information content (AvgIpc) is 2.62. The Labute approximate surface area is 143 Å². The van der Waals surface area contributed by atoms with Crippen LogP contribution in [0.2, 0.25) is 0 Å². The molecule has 1 saturated heterocycles. The number of piperidine rings is 1. The summed E-state index contributed by atoms with van der Waals surface area (Å²) < 4.78 is 0. The van der Waals surface area contributed by atoms with Crippen LogP contribution in [0.1, 0.15) is 43.9 Å². The zero-order valence-electron chi connectivity index (χ0n) is 14.8. The summed E-state index contributed by atoms with van der Waals surface area (Å²) in [6, 6.07) is 4.62. The van der Waals surface area contributed by atoms with E-state index in [0.717, 1.165) is 67.6 Å². The topological polar surface area (TPSA) is 66.8 Å². The molecule has 128 valence electrons. The van der Waals surface area contributed by atoms with Gasteiger partial charge in [0.2, 0.25) is 0 Å². The van der Waals surface area contributed by atoms with E-state index in [0.29, 0.717) is 6.04 Å². The van der Waals surface area contributed by atoms with Gasteiger partial charge in [-0.2, -0.15) is 0 Å². The molecule has 0 aliphatic carbocycles. The second-order valence-electron chi connectivity index (χ2n) is 6.27. The van der Waals surface area contributed by atoms with E-state index in [1.165, 1.54) is 0 Å². The maximum absolute atomic E-state index is 4.52. The van der Waals surface area contributed by atoms with Crippen molar-refractivity contribution < 1.29 is 0 Å². The Bertz CT molecular complexity index is 679. The van der Waals surface area contributed by atoms with Crippen molar-refractivity contribution in [1.82, 2.24) is 19.9 Å². The van der Waals surface area contributed by atoms with Crippen molar-refractivity contribution in [2.24, 2.45) is 0 Å². The Morgan fingerprint density at radius 3 is 2.50 bits per heavy atom. The lowest BCUT2D eigenvalue weighted by molar-refractivity contribution is 0.521. The third-order valence-corrected chi connectivity index (χ3v) is 4.50. The first kappa shape index (κ1) is 16.6. The molecular formula is C18H26N6. The molecule has 2 aromatic heterocycles. The molecule has 0 unspecified atom stereocenters. The van der Waals surface area contributed by atoms with Crippen LogP contribution in [0.15, 0.2) is 18.5 Å². The lowest BCUT2D eigenvalue weighted by Gasteiger charge is -2.33. The lowest BCUT2D eigenvalue weighted by Crippen LogP contribution is -2.39. The second kappa shape index (κ2) is 7.55. The molecular weight excluding hydrogens is 300 g/mol. The molecule has 1 N–H and O–H groups in total. The summed E-state index contributed by atoms with van der Waals surface area (Å²) in [5, 5.41) is 3.58. The SMILES string of the molecule is CCc1cc(N2CCC(Nc3cc(CC)nc(C)n3)CC2)ncn1. The normalized spacial score (nSPS) is 15.5. The molecule has 1 aliphatic heterocycles. The minimum atomic E-state index is 0.452. The third kappa shape index (κ3) is 3.99. The van der Waals surface area contributed by atoms with E-state index in [4.69, 9.17) is 0 Å². The summed E-state index contributed by atoms with van der Waals surface area (Å²) in [6.07, 6.45) is 5.71. The van der Waals surface area contributed by atoms with Gasteiger partial charge in [0.25, 0.3) is 0 Å². The maximum Gasteiger partial charge on any atom is 0.132 e. The van der Waals surface area contributed by atoms with Crippen molar-refractivity contribution in [2.75, 3.05) is 23.3 Å². The monoisotopic (exact) mass is 326 g/mol. The first-order valence-electron chi connectivity index (χ1n) is 8.85. The van der Waals surface area contributed by atoms with Crippen molar-refractivity contribution >= 4 is 11.6 Å². The molecule has 0 saturated carbocycles. The molecule has 3 rings (SSSR count). The van der Waals surface area contributed by atoms with Gasteiger partial charge in [-0.25, -0.2) is 19.9 Å². The molecule has 0 aromatic carbocycles. The first-order chi connectivity index (χ1) is 11.7. The molecule has 6 nitrogen and oxygen atoms in total. The van der Waals surface area contributed by atoms with Gasteiger partial charge in [-0.05, 0) is 32.6 Å². The highest BCUT2D eigenvalue weighted by molar-refractivity contribution is 5.41. The fourth-order valence-electron chi connectivity index (χ4n) is 3.10. The number of aromatic nitrogens is 4. The maximum atomic E-state index is 4.52. The summed E-state index contributed by atoms with van der Waals surface area (Å²) in [4.78, 5) is 20.0. The molecule has 0 bridgehead atoms. The Morgan fingerprint density at radius 1 is 1.04 bits per heavy atom. The van der Waals surface area contributed by atoms with Gasteiger partial charge in [0.05, 0.1) is 0 Å². The summed E-state index contributed by atoms with van der Waals surface area (Å²) in [7, 11) is 0. The van der Waals surface area contributed by atoms with E-state index in [-0.39, 0.29) is 0 Å². The minimum Gasteiger partial charge on any atom is -0.367 e. The molecule has 6 heteroatoms. The second-order valence-corrected chi connectivity index (χ2v) is 6.27. The molecule has 1 aliphatic rings. The number of anilines is 2. The quantitative estimate of drug-likeness (QED) is 0.911. The molecule has 0 spiro atoms. The fraction of sp³-hybridized carbons (Fsp3) is 0.556. The van der Waals surface area contributed by atoms with Gasteiger partial charge >= 0.3 is 0 Å². The first-order valence-corrected chi connectivity index (χ1v) is 8.85. The molecule has 2 aromatic rings. The number of hydrogen-bond acceptors (Lipinski definition) is 6. The molecule has 3 heterocycles. The van der Waals surface area contributed by atoms with E-state index in [2.05, 4.69) is 56.1 Å². The number of hydrogen-bond donors (Lipinski definition) is 1. The van der Waals surface area contributed by atoms with E-state index < -0.39 is 0 Å². The summed E-state index contributed by atoms with van der Waals surface area (Å²) in [5.41, 5.74) is 2.19. The summed E-state index contributed by atoms with van der Waals surface area (Å²) in [5.74, 6) is 2.84. The van der Waals surface area contributed by atoms with E-state index in [1.54, 1.807) is 6.33 Å². The molecule has 24 heavy (non-hydrogen) atoms. The highest BCUT2D eigenvalue weighted by Crippen LogP contribution is 2.20. The minimum absolute atomic E-state index is 0.452. The van der Waals surface area contributed by atoms with Gasteiger partial charge in [-0.1, -0.05) is 13.8 Å². The molecule has 1 fully saturated rings. The van der Waals surface area contributed by atoms with Crippen molar-refractivity contribution in [1.29, 1.82) is 0 Å². The van der Waals surface area contributed by atoms with Crippen LogP contribution in [-0.4, -0.2) is 39.1 Å². The zero-order chi connectivity index (χ0) is 16.9. The van der Waals surface area contributed by atoms with Gasteiger partial charge in [0, 0.05) is 42.7 Å². The number of nitrogens with zero attached hydrogens (tertiary/aromatic N) is 5. The van der Waals surface area contributed by atoms with E-state index >= 15 is 0 Å². The number of rotatable bonds is 5. The van der Waals surface area contributed by atoms with Gasteiger partial charge in [0.1, 0.15) is 23.8 Å². The van der Waals surface area contributed by atoms with E-state index in [1.807, 2.05) is 6.92 Å². The highest BCUT2D eigenvalue weighted by Gasteiger charge is 2.20. The van der Waals surface area contributed by atoms with E-state index in [9.17, 15) is 0 Å². The van der Waals surface area contributed by atoms with Crippen molar-refractivity contribution in [3.05, 3.63) is 35.7 Å². The zero-order valence-corrected chi connectivity index (χ0v) is 14.8. The van der Waals surface area contributed by atoms with Crippen LogP contribution < -0.4 is 10.2 Å². The molecule has 0 atom stereocenters. The number of aryl methyl sites for hydroxylation is 3. The Hall–Kier alpha value is -2.24. The largest absolute Gasteiger partial charge is 0.367 e. The van der Waals surface area contributed by atoms with Crippen LogP contribution in [0, 0.1) is 6.92 Å². The predicted octanol–water partition coefficient (Wildman–Crippen LogP) is 2.78. The van der Waals surface area contributed by atoms with Crippen LogP contribution in [0.5, 0.6) is 0 Å². The van der Waals surface area contributed by atoms with Crippen molar-refractivity contribution in [2.45, 2.75) is 52.5 Å². The fourth-order valence-corrected chi connectivity index (χ4v) is 3.10. The van der Waals surface area contributed by atoms with Gasteiger partial charge < -0.3 is 10.2 Å². The lowest BCUT2D eigenvalue weighted by atomic mass is 10.0. The van der Waals surface area contributed by atoms with Gasteiger partial charge in [-0.15, -0.1) is 0 Å². The van der Waals surface area contributed by atoms with Gasteiger partial charge in [0.15, 0.2) is 0 Å². The van der Waals surface area contributed by atoms with Crippen molar-refractivity contribution in [3.8, 4) is 0 Å². The summed E-state index contributed by atoms with van der Waals surface area (Å²) in [6.45, 7) is 8.20. The van der Waals surface area contributed by atoms with Crippen LogP contribution in [0.3, 0.4) is 0 Å². The Morgan fingerprint density at radius 2 is 1.79 bits per heavy atom. The van der Waals surface area contributed by atoms with Crippen LogP contribution in [-0.2, 0) is 12.8 Å². The summed E-state index contributed by atoms with van der Waals surface area (Å²) >= 11 is 0. The average molecular weight is 326 g/mol. The third-order valence-electron chi connectivity index (χ3n) is 4.50.